The minimum Gasteiger partial charge on any atom is -0.507 e. The van der Waals surface area contributed by atoms with E-state index in [4.69, 9.17) is 11.6 Å². The van der Waals surface area contributed by atoms with Crippen LogP contribution in [0.4, 0.5) is 5.13 Å². The smallest absolute Gasteiger partial charge is 0.261 e. The monoisotopic (exact) mass is 396 g/mol. The van der Waals surface area contributed by atoms with Gasteiger partial charge in [-0.05, 0) is 42.8 Å². The molecule has 6 nitrogen and oxygen atoms in total. The summed E-state index contributed by atoms with van der Waals surface area (Å²) in [6, 6.07) is 7.49. The van der Waals surface area contributed by atoms with Crippen molar-refractivity contribution in [2.45, 2.75) is 11.8 Å². The van der Waals surface area contributed by atoms with Crippen LogP contribution in [0.2, 0.25) is 5.02 Å². The Labute approximate surface area is 153 Å². The first kappa shape index (κ1) is 17.7. The van der Waals surface area contributed by atoms with Gasteiger partial charge in [0.25, 0.3) is 5.91 Å². The normalized spacial score (nSPS) is 11.6. The Bertz CT molecular complexity index is 1110. The zero-order valence-electron chi connectivity index (χ0n) is 13.2. The predicted octanol–water partition coefficient (Wildman–Crippen LogP) is 3.62. The maximum atomic E-state index is 12.4. The number of fused-ring (bicyclic) bond motifs is 1. The van der Waals surface area contributed by atoms with Crippen molar-refractivity contribution in [2.75, 3.05) is 11.6 Å². The van der Waals surface area contributed by atoms with Crippen LogP contribution < -0.4 is 5.32 Å². The SMILES string of the molecule is Cc1cc(Cl)cc(C(=O)Nc2nc3ccc(S(C)(=O)=O)cc3s2)c1O. The molecule has 1 aromatic heterocycles. The maximum absolute atomic E-state index is 12.4. The molecule has 25 heavy (non-hydrogen) atoms. The highest BCUT2D eigenvalue weighted by Crippen LogP contribution is 2.30. The van der Waals surface area contributed by atoms with Gasteiger partial charge in [-0.1, -0.05) is 22.9 Å². The molecule has 0 radical (unpaired) electrons. The second-order valence-corrected chi connectivity index (χ2v) is 8.98. The van der Waals surface area contributed by atoms with E-state index in [1.165, 1.54) is 18.2 Å². The van der Waals surface area contributed by atoms with E-state index in [0.717, 1.165) is 17.6 Å². The Hall–Kier alpha value is -2.16. The summed E-state index contributed by atoms with van der Waals surface area (Å²) < 4.78 is 23.9. The van der Waals surface area contributed by atoms with E-state index in [0.29, 0.717) is 25.9 Å². The summed E-state index contributed by atoms with van der Waals surface area (Å²) >= 11 is 7.08. The van der Waals surface area contributed by atoms with Crippen LogP contribution in [-0.4, -0.2) is 30.7 Å². The summed E-state index contributed by atoms with van der Waals surface area (Å²) in [5, 5.41) is 13.3. The lowest BCUT2D eigenvalue weighted by Gasteiger charge is -2.07. The number of amides is 1. The molecular formula is C16H13ClN2O4S2. The number of aromatic hydroxyl groups is 1. The second kappa shape index (κ2) is 6.29. The van der Waals surface area contributed by atoms with Crippen molar-refractivity contribution in [2.24, 2.45) is 0 Å². The van der Waals surface area contributed by atoms with E-state index < -0.39 is 15.7 Å². The van der Waals surface area contributed by atoms with Crippen LogP contribution in [0.5, 0.6) is 5.75 Å². The van der Waals surface area contributed by atoms with Crippen LogP contribution in [0.3, 0.4) is 0 Å². The Morgan fingerprint density at radius 1 is 1.28 bits per heavy atom. The summed E-state index contributed by atoms with van der Waals surface area (Å²) in [4.78, 5) is 16.8. The third-order valence-corrected chi connectivity index (χ3v) is 5.78. The van der Waals surface area contributed by atoms with Crippen LogP contribution in [0.15, 0.2) is 35.2 Å². The standard InChI is InChI=1S/C16H13ClN2O4S2/c1-8-5-9(17)6-11(14(8)20)15(21)19-16-18-12-4-3-10(25(2,22)23)7-13(12)24-16/h3-7,20H,1-2H3,(H,18,19,21). The maximum Gasteiger partial charge on any atom is 0.261 e. The molecular weight excluding hydrogens is 384 g/mol. The predicted molar refractivity (Wildman–Crippen MR) is 98.5 cm³/mol. The molecule has 0 spiro atoms. The third-order valence-electron chi connectivity index (χ3n) is 3.52. The first-order chi connectivity index (χ1) is 11.6. The molecule has 0 atom stereocenters. The molecule has 0 aliphatic carbocycles. The molecule has 0 unspecified atom stereocenters. The molecule has 1 heterocycles. The van der Waals surface area contributed by atoms with Crippen molar-refractivity contribution in [3.8, 4) is 5.75 Å². The number of aryl methyl sites for hydroxylation is 1. The molecule has 3 rings (SSSR count). The Morgan fingerprint density at radius 3 is 2.68 bits per heavy atom. The number of nitrogens with one attached hydrogen (secondary N) is 1. The number of anilines is 1. The van der Waals surface area contributed by atoms with Crippen molar-refractivity contribution in [3.05, 3.63) is 46.5 Å². The largest absolute Gasteiger partial charge is 0.507 e. The fourth-order valence-corrected chi connectivity index (χ4v) is 4.16. The summed E-state index contributed by atoms with van der Waals surface area (Å²) in [6.07, 6.45) is 1.13. The Balaban J connectivity index is 1.94. The number of hydrogen-bond donors (Lipinski definition) is 2. The third kappa shape index (κ3) is 3.60. The van der Waals surface area contributed by atoms with E-state index >= 15 is 0 Å². The van der Waals surface area contributed by atoms with E-state index in [2.05, 4.69) is 10.3 Å². The minimum absolute atomic E-state index is 0.0427. The number of aromatic nitrogens is 1. The van der Waals surface area contributed by atoms with Crippen LogP contribution in [0.25, 0.3) is 10.2 Å². The van der Waals surface area contributed by atoms with Gasteiger partial charge in [-0.15, -0.1) is 0 Å². The van der Waals surface area contributed by atoms with Crippen molar-refractivity contribution in [1.82, 2.24) is 4.98 Å². The molecule has 130 valence electrons. The second-order valence-electron chi connectivity index (χ2n) is 5.49. The highest BCUT2D eigenvalue weighted by molar-refractivity contribution is 7.90. The summed E-state index contributed by atoms with van der Waals surface area (Å²) in [5.74, 6) is -0.701. The van der Waals surface area contributed by atoms with Gasteiger partial charge in [-0.2, -0.15) is 0 Å². The molecule has 0 aliphatic rings. The lowest BCUT2D eigenvalue weighted by atomic mass is 10.1. The number of rotatable bonds is 3. The number of thiazole rings is 1. The topological polar surface area (TPSA) is 96.4 Å². The first-order valence-electron chi connectivity index (χ1n) is 7.06. The van der Waals surface area contributed by atoms with Crippen LogP contribution in [0, 0.1) is 6.92 Å². The Morgan fingerprint density at radius 2 is 2.00 bits per heavy atom. The molecule has 0 bridgehead atoms. The zero-order chi connectivity index (χ0) is 18.4. The van der Waals surface area contributed by atoms with Crippen molar-refractivity contribution in [1.29, 1.82) is 0 Å². The van der Waals surface area contributed by atoms with E-state index in [9.17, 15) is 18.3 Å². The van der Waals surface area contributed by atoms with Gasteiger partial charge in [0.15, 0.2) is 15.0 Å². The number of phenolic OH excluding ortho intramolecular Hbond substituents is 1. The number of hydrogen-bond acceptors (Lipinski definition) is 6. The van der Waals surface area contributed by atoms with E-state index in [-0.39, 0.29) is 16.2 Å². The highest BCUT2D eigenvalue weighted by atomic mass is 35.5. The van der Waals surface area contributed by atoms with Gasteiger partial charge < -0.3 is 5.11 Å². The molecule has 0 fully saturated rings. The van der Waals surface area contributed by atoms with Gasteiger partial charge in [0, 0.05) is 11.3 Å². The molecule has 2 N–H and O–H groups in total. The summed E-state index contributed by atoms with van der Waals surface area (Å²) in [5.41, 5.74) is 1.10. The van der Waals surface area contributed by atoms with Crippen molar-refractivity contribution < 1.29 is 18.3 Å². The number of nitrogens with zero attached hydrogens (tertiary/aromatic N) is 1. The summed E-state index contributed by atoms with van der Waals surface area (Å²) in [6.45, 7) is 1.64. The minimum atomic E-state index is -3.32. The lowest BCUT2D eigenvalue weighted by molar-refractivity contribution is 0.102. The highest BCUT2D eigenvalue weighted by Gasteiger charge is 2.17. The molecule has 0 aliphatic heterocycles. The van der Waals surface area contributed by atoms with Gasteiger partial charge in [0.05, 0.1) is 20.7 Å². The van der Waals surface area contributed by atoms with E-state index in [1.807, 2.05) is 0 Å². The van der Waals surface area contributed by atoms with Gasteiger partial charge in [0.2, 0.25) is 0 Å². The van der Waals surface area contributed by atoms with E-state index in [1.54, 1.807) is 19.1 Å². The molecule has 2 aromatic carbocycles. The van der Waals surface area contributed by atoms with Crippen LogP contribution in [0.1, 0.15) is 15.9 Å². The number of halogens is 1. The Kier molecular flexibility index (Phi) is 4.44. The van der Waals surface area contributed by atoms with Gasteiger partial charge in [-0.3, -0.25) is 10.1 Å². The number of sulfone groups is 1. The summed E-state index contributed by atoms with van der Waals surface area (Å²) in [7, 11) is -3.32. The molecule has 0 saturated carbocycles. The fourth-order valence-electron chi connectivity index (χ4n) is 2.26. The van der Waals surface area contributed by atoms with Crippen LogP contribution in [-0.2, 0) is 9.84 Å². The number of carbonyl (C=O) groups is 1. The van der Waals surface area contributed by atoms with Crippen LogP contribution >= 0.6 is 22.9 Å². The fraction of sp³-hybridized carbons (Fsp3) is 0.125. The lowest BCUT2D eigenvalue weighted by Crippen LogP contribution is -2.12. The first-order valence-corrected chi connectivity index (χ1v) is 10.1. The number of phenols is 1. The average Bonchev–Trinajstić information content (AvgIpc) is 2.91. The van der Waals surface area contributed by atoms with Crippen molar-refractivity contribution >= 4 is 54.0 Å². The average molecular weight is 397 g/mol. The van der Waals surface area contributed by atoms with Gasteiger partial charge >= 0.3 is 0 Å². The number of carbonyl (C=O) groups excluding carboxylic acids is 1. The quantitative estimate of drug-likeness (QED) is 0.704. The molecule has 3 aromatic rings. The van der Waals surface area contributed by atoms with Gasteiger partial charge in [0.1, 0.15) is 5.75 Å². The zero-order valence-corrected chi connectivity index (χ0v) is 15.6. The molecule has 9 heteroatoms. The molecule has 0 saturated heterocycles. The van der Waals surface area contributed by atoms with Crippen molar-refractivity contribution in [3.63, 3.8) is 0 Å². The molecule has 1 amide bonds. The van der Waals surface area contributed by atoms with Gasteiger partial charge in [-0.25, -0.2) is 13.4 Å². The number of benzene rings is 2.